The summed E-state index contributed by atoms with van der Waals surface area (Å²) in [6.45, 7) is 3.08. The topological polar surface area (TPSA) is 49.4 Å². The van der Waals surface area contributed by atoms with Crippen molar-refractivity contribution in [1.29, 1.82) is 0 Å². The van der Waals surface area contributed by atoms with Gasteiger partial charge in [0, 0.05) is 34.2 Å². The van der Waals surface area contributed by atoms with Crippen LogP contribution in [0, 0.1) is 0 Å². The average molecular weight is 632 g/mol. The highest BCUT2D eigenvalue weighted by molar-refractivity contribution is 9.10. The highest BCUT2D eigenvalue weighted by Crippen LogP contribution is 2.21. The molecule has 0 fully saturated rings. The largest absolute Gasteiger partial charge is 0.354 e. The molecule has 3 aromatic carbocycles. The fraction of sp³-hybridized carbons (Fsp3) is 0.310. The number of unbranched alkanes of at least 4 members (excludes halogenated alkanes) is 1. The number of rotatable bonds is 13. The minimum absolute atomic E-state index is 0.0383. The molecule has 0 unspecified atom stereocenters. The Balaban J connectivity index is 1.82. The zero-order chi connectivity index (χ0) is 25.8. The van der Waals surface area contributed by atoms with Gasteiger partial charge in [0.05, 0.1) is 5.75 Å². The lowest BCUT2D eigenvalue weighted by Gasteiger charge is -2.31. The van der Waals surface area contributed by atoms with E-state index in [1.165, 1.54) is 0 Å². The van der Waals surface area contributed by atoms with Crippen molar-refractivity contribution >= 4 is 55.4 Å². The van der Waals surface area contributed by atoms with Gasteiger partial charge in [-0.2, -0.15) is 0 Å². The van der Waals surface area contributed by atoms with E-state index >= 15 is 0 Å². The zero-order valence-corrected chi connectivity index (χ0v) is 24.4. The van der Waals surface area contributed by atoms with Crippen molar-refractivity contribution in [3.8, 4) is 0 Å². The number of benzene rings is 3. The Morgan fingerprint density at radius 2 is 1.61 bits per heavy atom. The number of nitrogens with one attached hydrogen (secondary N) is 1. The molecular formula is C29H32Br2N2O2S. The summed E-state index contributed by atoms with van der Waals surface area (Å²) in [7, 11) is 0. The van der Waals surface area contributed by atoms with E-state index in [1.54, 1.807) is 16.7 Å². The number of halogens is 2. The van der Waals surface area contributed by atoms with Gasteiger partial charge in [0.15, 0.2) is 0 Å². The van der Waals surface area contributed by atoms with Gasteiger partial charge >= 0.3 is 0 Å². The van der Waals surface area contributed by atoms with Gasteiger partial charge in [-0.05, 0) is 47.4 Å². The minimum atomic E-state index is -0.594. The van der Waals surface area contributed by atoms with Crippen LogP contribution in [0.25, 0.3) is 0 Å². The van der Waals surface area contributed by atoms with Gasteiger partial charge in [-0.25, -0.2) is 0 Å². The lowest BCUT2D eigenvalue weighted by atomic mass is 10.0. The molecule has 36 heavy (non-hydrogen) atoms. The molecule has 0 aliphatic rings. The highest BCUT2D eigenvalue weighted by atomic mass is 79.9. The van der Waals surface area contributed by atoms with Crippen LogP contribution in [0.3, 0.4) is 0 Å². The Bertz CT molecular complexity index is 1110. The van der Waals surface area contributed by atoms with Gasteiger partial charge in [-0.15, -0.1) is 11.8 Å². The summed E-state index contributed by atoms with van der Waals surface area (Å²) in [5.41, 5.74) is 3.17. The smallest absolute Gasteiger partial charge is 0.243 e. The quantitative estimate of drug-likeness (QED) is 0.207. The van der Waals surface area contributed by atoms with E-state index in [2.05, 4.69) is 56.2 Å². The summed E-state index contributed by atoms with van der Waals surface area (Å²) in [6.07, 6.45) is 2.37. The zero-order valence-electron chi connectivity index (χ0n) is 20.5. The number of thioether (sulfide) groups is 1. The molecular weight excluding hydrogens is 600 g/mol. The van der Waals surface area contributed by atoms with Crippen LogP contribution < -0.4 is 5.32 Å². The maximum Gasteiger partial charge on any atom is 0.243 e. The van der Waals surface area contributed by atoms with E-state index in [4.69, 9.17) is 0 Å². The van der Waals surface area contributed by atoms with Crippen LogP contribution in [-0.2, 0) is 28.3 Å². The van der Waals surface area contributed by atoms with Crippen molar-refractivity contribution in [2.45, 2.75) is 44.5 Å². The molecule has 1 atom stereocenters. The fourth-order valence-corrected chi connectivity index (χ4v) is 5.39. The molecule has 0 radical (unpaired) electrons. The lowest BCUT2D eigenvalue weighted by molar-refractivity contribution is -0.139. The summed E-state index contributed by atoms with van der Waals surface area (Å²) in [6, 6.07) is 25.4. The summed E-state index contributed by atoms with van der Waals surface area (Å²) >= 11 is 8.57. The van der Waals surface area contributed by atoms with E-state index in [9.17, 15) is 9.59 Å². The third kappa shape index (κ3) is 9.41. The summed E-state index contributed by atoms with van der Waals surface area (Å²) in [5.74, 6) is 0.894. The molecule has 0 saturated carbocycles. The van der Waals surface area contributed by atoms with Crippen molar-refractivity contribution in [3.05, 3.63) is 104 Å². The highest BCUT2D eigenvalue weighted by Gasteiger charge is 2.30. The first-order chi connectivity index (χ1) is 17.5. The summed E-state index contributed by atoms with van der Waals surface area (Å²) in [5, 5.41) is 3.07. The third-order valence-electron chi connectivity index (χ3n) is 5.75. The van der Waals surface area contributed by atoms with E-state index < -0.39 is 6.04 Å². The molecule has 1 N–H and O–H groups in total. The molecule has 3 aromatic rings. The van der Waals surface area contributed by atoms with Crippen LogP contribution in [0.1, 0.15) is 36.5 Å². The molecule has 190 valence electrons. The Hall–Kier alpha value is -2.09. The molecule has 0 aromatic heterocycles. The Morgan fingerprint density at radius 3 is 2.31 bits per heavy atom. The molecule has 3 rings (SSSR count). The number of amides is 2. The van der Waals surface area contributed by atoms with Gasteiger partial charge < -0.3 is 10.2 Å². The average Bonchev–Trinajstić information content (AvgIpc) is 2.88. The molecule has 2 amide bonds. The molecule has 0 aliphatic heterocycles. The maximum atomic E-state index is 13.6. The van der Waals surface area contributed by atoms with Crippen molar-refractivity contribution < 1.29 is 9.59 Å². The van der Waals surface area contributed by atoms with Crippen LogP contribution in [0.5, 0.6) is 0 Å². The van der Waals surface area contributed by atoms with Crippen LogP contribution >= 0.6 is 43.6 Å². The molecule has 0 bridgehead atoms. The number of carbonyl (C=O) groups excluding carboxylic acids is 2. The minimum Gasteiger partial charge on any atom is -0.354 e. The molecule has 0 heterocycles. The van der Waals surface area contributed by atoms with Gasteiger partial charge in [-0.3, -0.25) is 9.59 Å². The predicted molar refractivity (Wildman–Crippen MR) is 157 cm³/mol. The van der Waals surface area contributed by atoms with Crippen molar-refractivity contribution in [1.82, 2.24) is 10.2 Å². The standard InChI is InChI=1S/C29H32Br2N2O2S/c1-2-3-16-32-29(35)27(18-22-8-5-4-6-9-22)33(19-24-10-7-11-26(31)17-24)28(34)21-36-20-23-12-14-25(30)15-13-23/h4-15,17,27H,2-3,16,18-21H2,1H3,(H,32,35)/t27-/m0/s1. The fourth-order valence-electron chi connectivity index (χ4n) is 3.81. The number of hydrogen-bond donors (Lipinski definition) is 1. The predicted octanol–water partition coefficient (Wildman–Crippen LogP) is 7.00. The van der Waals surface area contributed by atoms with Crippen molar-refractivity contribution in [2.75, 3.05) is 12.3 Å². The molecule has 0 spiro atoms. The summed E-state index contributed by atoms with van der Waals surface area (Å²) < 4.78 is 1.98. The van der Waals surface area contributed by atoms with E-state index in [0.29, 0.717) is 25.3 Å². The monoisotopic (exact) mass is 630 g/mol. The molecule has 4 nitrogen and oxygen atoms in total. The van der Waals surface area contributed by atoms with Gasteiger partial charge in [0.1, 0.15) is 6.04 Å². The number of nitrogens with zero attached hydrogens (tertiary/aromatic N) is 1. The second kappa shape index (κ2) is 15.2. The normalized spacial score (nSPS) is 11.6. The molecule has 0 aliphatic carbocycles. The first-order valence-corrected chi connectivity index (χ1v) is 14.9. The summed E-state index contributed by atoms with van der Waals surface area (Å²) in [4.78, 5) is 28.8. The Labute approximate surface area is 235 Å². The van der Waals surface area contributed by atoms with Crippen LogP contribution in [0.15, 0.2) is 87.8 Å². The first kappa shape index (κ1) is 28.5. The van der Waals surface area contributed by atoms with Crippen LogP contribution in [0.2, 0.25) is 0 Å². The van der Waals surface area contributed by atoms with Gasteiger partial charge in [-0.1, -0.05) is 99.8 Å². The van der Waals surface area contributed by atoms with E-state index in [-0.39, 0.29) is 11.8 Å². The third-order valence-corrected chi connectivity index (χ3v) is 7.76. The maximum absolute atomic E-state index is 13.6. The second-order valence-electron chi connectivity index (χ2n) is 8.62. The van der Waals surface area contributed by atoms with Gasteiger partial charge in [0.25, 0.3) is 0 Å². The lowest BCUT2D eigenvalue weighted by Crippen LogP contribution is -2.51. The first-order valence-electron chi connectivity index (χ1n) is 12.1. The van der Waals surface area contributed by atoms with Crippen LogP contribution in [-0.4, -0.2) is 35.1 Å². The van der Waals surface area contributed by atoms with Gasteiger partial charge in [0.2, 0.25) is 11.8 Å². The van der Waals surface area contributed by atoms with E-state index in [1.807, 2.05) is 66.7 Å². The Kier molecular flexibility index (Phi) is 12.0. The van der Waals surface area contributed by atoms with Crippen LogP contribution in [0.4, 0.5) is 0 Å². The molecule has 7 heteroatoms. The second-order valence-corrected chi connectivity index (χ2v) is 11.4. The number of hydrogen-bond acceptors (Lipinski definition) is 3. The van der Waals surface area contributed by atoms with Crippen molar-refractivity contribution in [2.24, 2.45) is 0 Å². The SMILES string of the molecule is CCCCNC(=O)[C@H](Cc1ccccc1)N(Cc1cccc(Br)c1)C(=O)CSCc1ccc(Br)cc1. The van der Waals surface area contributed by atoms with E-state index in [0.717, 1.165) is 44.2 Å². The Morgan fingerprint density at radius 1 is 0.889 bits per heavy atom. The van der Waals surface area contributed by atoms with Crippen molar-refractivity contribution in [3.63, 3.8) is 0 Å². The number of carbonyl (C=O) groups is 2. The molecule has 0 saturated heterocycles.